The number of benzene rings is 1. The number of rotatable bonds is 6. The summed E-state index contributed by atoms with van der Waals surface area (Å²) in [4.78, 5) is 29.3. The van der Waals surface area contributed by atoms with Crippen molar-refractivity contribution in [1.82, 2.24) is 5.01 Å². The first kappa shape index (κ1) is 25.2. The molecule has 6 rings (SSSR count). The van der Waals surface area contributed by atoms with Crippen molar-refractivity contribution in [3.05, 3.63) is 86.0 Å². The number of hydrogen-bond donors (Lipinski definition) is 0. The van der Waals surface area contributed by atoms with Crippen LogP contribution in [0.4, 0.5) is 4.39 Å². The number of fused-ring (bicyclic) bond motifs is 1. The number of amides is 1. The molecule has 3 aromatic rings. The summed E-state index contributed by atoms with van der Waals surface area (Å²) in [6, 6.07) is 14.2. The van der Waals surface area contributed by atoms with Crippen molar-refractivity contribution in [3.63, 3.8) is 0 Å². The molecule has 1 aromatic carbocycles. The standard InChI is InChI=1S/C30H29FN2O3S2/c31-22-9-4-8-21(18-22)30(13-1-2-14-30)29(35)36-19-26(34)33-28(25-12-6-16-38-25)24-11-3-7-20(27(24)32-33)17-23-10-5-15-37-23/h4-6,8-10,12,15-18,24,28H,1-3,7,11,13-14,19H2/b20-17-/t24-,28+/m0/s1. The molecule has 1 amide bonds. The van der Waals surface area contributed by atoms with Crippen molar-refractivity contribution in [1.29, 1.82) is 0 Å². The molecule has 0 radical (unpaired) electrons. The Hall–Kier alpha value is -3.10. The van der Waals surface area contributed by atoms with Crippen LogP contribution in [0.3, 0.4) is 0 Å². The Balaban J connectivity index is 1.25. The number of halogens is 1. The van der Waals surface area contributed by atoms with E-state index >= 15 is 0 Å². The summed E-state index contributed by atoms with van der Waals surface area (Å²) in [5.41, 5.74) is 1.86. The van der Waals surface area contributed by atoms with Gasteiger partial charge in [0.15, 0.2) is 6.61 Å². The van der Waals surface area contributed by atoms with Gasteiger partial charge in [0, 0.05) is 15.7 Å². The molecular weight excluding hydrogens is 519 g/mol. The Morgan fingerprint density at radius 2 is 1.89 bits per heavy atom. The van der Waals surface area contributed by atoms with Crippen molar-refractivity contribution in [3.8, 4) is 0 Å². The lowest BCUT2D eigenvalue weighted by molar-refractivity contribution is -0.158. The van der Waals surface area contributed by atoms with Gasteiger partial charge in [-0.3, -0.25) is 9.59 Å². The first-order valence-corrected chi connectivity index (χ1v) is 14.9. The van der Waals surface area contributed by atoms with Crippen molar-refractivity contribution in [2.45, 2.75) is 56.4 Å². The predicted octanol–water partition coefficient (Wildman–Crippen LogP) is 7.13. The van der Waals surface area contributed by atoms with Gasteiger partial charge in [-0.1, -0.05) is 37.1 Å². The quantitative estimate of drug-likeness (QED) is 0.308. The molecule has 2 atom stereocenters. The highest BCUT2D eigenvalue weighted by Gasteiger charge is 2.47. The summed E-state index contributed by atoms with van der Waals surface area (Å²) in [6.07, 6.45) is 8.01. The third kappa shape index (κ3) is 4.64. The Labute approximate surface area is 229 Å². The molecule has 1 aliphatic heterocycles. The van der Waals surface area contributed by atoms with E-state index < -0.39 is 11.4 Å². The lowest BCUT2D eigenvalue weighted by Crippen LogP contribution is -2.39. The van der Waals surface area contributed by atoms with E-state index in [9.17, 15) is 14.0 Å². The SMILES string of the molecule is O=C(COC(=O)C1(c2cccc(F)c2)CCCC1)N1N=C2/C(=C\c3cccs3)CCC[C@@H]2[C@@H]1c1cccs1. The first-order valence-electron chi connectivity index (χ1n) is 13.2. The number of nitrogens with zero attached hydrogens (tertiary/aromatic N) is 2. The Morgan fingerprint density at radius 1 is 1.08 bits per heavy atom. The molecule has 0 unspecified atom stereocenters. The van der Waals surface area contributed by atoms with Crippen LogP contribution in [0, 0.1) is 11.7 Å². The van der Waals surface area contributed by atoms with Crippen LogP contribution in [0.1, 0.15) is 66.3 Å². The summed E-state index contributed by atoms with van der Waals surface area (Å²) in [6.45, 7) is -0.384. The van der Waals surface area contributed by atoms with Gasteiger partial charge in [0.05, 0.1) is 17.2 Å². The topological polar surface area (TPSA) is 59.0 Å². The molecule has 0 bridgehead atoms. The van der Waals surface area contributed by atoms with Crippen molar-refractivity contribution < 1.29 is 18.7 Å². The van der Waals surface area contributed by atoms with Crippen LogP contribution in [0.2, 0.25) is 0 Å². The molecule has 8 heteroatoms. The molecule has 5 nitrogen and oxygen atoms in total. The molecule has 38 heavy (non-hydrogen) atoms. The molecular formula is C30H29FN2O3S2. The number of hydrogen-bond acceptors (Lipinski definition) is 6. The van der Waals surface area contributed by atoms with Crippen molar-refractivity contribution in [2.75, 3.05) is 6.61 Å². The summed E-state index contributed by atoms with van der Waals surface area (Å²) in [5.74, 6) is -1.05. The van der Waals surface area contributed by atoms with E-state index in [0.717, 1.165) is 42.7 Å². The predicted molar refractivity (Wildman–Crippen MR) is 148 cm³/mol. The Kier molecular flexibility index (Phi) is 7.01. The van der Waals surface area contributed by atoms with Gasteiger partial charge in [0.2, 0.25) is 0 Å². The molecule has 2 fully saturated rings. The normalized spacial score (nSPS) is 23.3. The van der Waals surface area contributed by atoms with Crippen LogP contribution in [-0.2, 0) is 19.7 Å². The molecule has 3 aliphatic rings. The van der Waals surface area contributed by atoms with Crippen LogP contribution in [0.25, 0.3) is 6.08 Å². The highest BCUT2D eigenvalue weighted by atomic mass is 32.1. The number of esters is 1. The number of thiophene rings is 2. The van der Waals surface area contributed by atoms with Crippen LogP contribution >= 0.6 is 22.7 Å². The van der Waals surface area contributed by atoms with Crippen LogP contribution in [0.15, 0.2) is 70.0 Å². The first-order chi connectivity index (χ1) is 18.5. The third-order valence-electron chi connectivity index (χ3n) is 8.00. The Morgan fingerprint density at radius 3 is 2.63 bits per heavy atom. The molecule has 0 saturated heterocycles. The zero-order chi connectivity index (χ0) is 26.1. The van der Waals surface area contributed by atoms with E-state index in [1.54, 1.807) is 39.8 Å². The number of allylic oxidation sites excluding steroid dienone is 1. The average Bonchev–Trinajstić information content (AvgIpc) is 3.73. The second-order valence-electron chi connectivity index (χ2n) is 10.2. The zero-order valence-corrected chi connectivity index (χ0v) is 22.6. The third-order valence-corrected chi connectivity index (χ3v) is 9.77. The minimum absolute atomic E-state index is 0.113. The maximum absolute atomic E-state index is 14.0. The average molecular weight is 549 g/mol. The zero-order valence-electron chi connectivity index (χ0n) is 21.0. The van der Waals surface area contributed by atoms with E-state index in [-0.39, 0.29) is 30.3 Å². The second kappa shape index (κ2) is 10.6. The highest BCUT2D eigenvalue weighted by molar-refractivity contribution is 7.11. The van der Waals surface area contributed by atoms with E-state index in [4.69, 9.17) is 9.84 Å². The molecule has 3 heterocycles. The van der Waals surface area contributed by atoms with Crippen molar-refractivity contribution >= 4 is 46.3 Å². The summed E-state index contributed by atoms with van der Waals surface area (Å²) in [7, 11) is 0. The van der Waals surface area contributed by atoms with Gasteiger partial charge in [-0.15, -0.1) is 22.7 Å². The van der Waals surface area contributed by atoms with E-state index in [1.807, 2.05) is 17.5 Å². The van der Waals surface area contributed by atoms with Crippen LogP contribution < -0.4 is 0 Å². The molecule has 0 N–H and O–H groups in total. The van der Waals surface area contributed by atoms with E-state index in [1.165, 1.54) is 22.6 Å². The fourth-order valence-corrected chi connectivity index (χ4v) is 7.75. The summed E-state index contributed by atoms with van der Waals surface area (Å²) in [5, 5.41) is 10.5. The Bertz CT molecular complexity index is 1370. The van der Waals surface area contributed by atoms with Crippen LogP contribution in [0.5, 0.6) is 0 Å². The lowest BCUT2D eigenvalue weighted by atomic mass is 9.79. The van der Waals surface area contributed by atoms with Gasteiger partial charge in [0.25, 0.3) is 5.91 Å². The van der Waals surface area contributed by atoms with E-state index in [0.29, 0.717) is 18.4 Å². The van der Waals surface area contributed by atoms with Gasteiger partial charge in [0.1, 0.15) is 5.82 Å². The number of carbonyl (C=O) groups excluding carboxylic acids is 2. The van der Waals surface area contributed by atoms with Gasteiger partial charge in [-0.05, 0) is 84.3 Å². The van der Waals surface area contributed by atoms with Gasteiger partial charge in [-0.2, -0.15) is 5.10 Å². The molecule has 196 valence electrons. The number of hydrazone groups is 1. The van der Waals surface area contributed by atoms with Crippen molar-refractivity contribution in [2.24, 2.45) is 11.0 Å². The van der Waals surface area contributed by atoms with Gasteiger partial charge in [-0.25, -0.2) is 9.40 Å². The lowest BCUT2D eigenvalue weighted by Gasteiger charge is -2.29. The molecule has 2 aliphatic carbocycles. The molecule has 2 saturated carbocycles. The maximum atomic E-state index is 14.0. The fourth-order valence-electron chi connectivity index (χ4n) is 6.20. The summed E-state index contributed by atoms with van der Waals surface area (Å²) >= 11 is 3.31. The smallest absolute Gasteiger partial charge is 0.317 e. The maximum Gasteiger partial charge on any atom is 0.317 e. The second-order valence-corrected chi connectivity index (χ2v) is 12.2. The minimum Gasteiger partial charge on any atom is -0.455 e. The summed E-state index contributed by atoms with van der Waals surface area (Å²) < 4.78 is 19.7. The molecule has 2 aromatic heterocycles. The van der Waals surface area contributed by atoms with Gasteiger partial charge >= 0.3 is 5.97 Å². The minimum atomic E-state index is -0.906. The van der Waals surface area contributed by atoms with E-state index in [2.05, 4.69) is 23.6 Å². The highest BCUT2D eigenvalue weighted by Crippen LogP contribution is 2.46. The molecule has 0 spiro atoms. The number of ether oxygens (including phenoxy) is 1. The number of carbonyl (C=O) groups is 2. The monoisotopic (exact) mass is 548 g/mol. The largest absolute Gasteiger partial charge is 0.455 e. The fraction of sp³-hybridized carbons (Fsp3) is 0.367. The van der Waals surface area contributed by atoms with Crippen LogP contribution in [-0.4, -0.2) is 29.2 Å². The van der Waals surface area contributed by atoms with Gasteiger partial charge < -0.3 is 4.74 Å².